The Morgan fingerprint density at radius 3 is 1.02 bits per heavy atom. The summed E-state index contributed by atoms with van der Waals surface area (Å²) in [6.07, 6.45) is 12.4. The predicted octanol–water partition coefficient (Wildman–Crippen LogP) is 7.17. The fraction of sp³-hybridized carbons (Fsp3) is 0.625. The Bertz CT molecular complexity index is 1280. The molecule has 8 heteroatoms. The lowest BCUT2D eigenvalue weighted by Crippen LogP contribution is -2.30. The van der Waals surface area contributed by atoms with Gasteiger partial charge in [0.2, 0.25) is 0 Å². The minimum atomic E-state index is 0.943. The maximum Gasteiger partial charge on any atom is 0.0205 e. The van der Waals surface area contributed by atoms with Gasteiger partial charge in [-0.1, -0.05) is 98.8 Å². The molecule has 0 aliphatic rings. The number of rotatable bonds is 38. The van der Waals surface area contributed by atoms with Gasteiger partial charge in [-0.3, -0.25) is 0 Å². The molecule has 3 aromatic rings. The number of hydrogen-bond donors (Lipinski definition) is 6. The van der Waals surface area contributed by atoms with Gasteiger partial charge >= 0.3 is 0 Å². The molecule has 3 rings (SSSR count). The van der Waals surface area contributed by atoms with Crippen LogP contribution in [-0.2, 0) is 26.2 Å². The molecule has 0 saturated heterocycles. The van der Waals surface area contributed by atoms with Crippen molar-refractivity contribution in [2.45, 2.75) is 104 Å². The van der Waals surface area contributed by atoms with Crippen molar-refractivity contribution in [2.75, 3.05) is 91.6 Å². The summed E-state index contributed by atoms with van der Waals surface area (Å²) in [6, 6.07) is 30.6. The van der Waals surface area contributed by atoms with Crippen LogP contribution in [0.1, 0.15) is 100 Å². The van der Waals surface area contributed by atoms with E-state index in [2.05, 4.69) is 140 Å². The molecule has 0 aromatic heterocycles. The Kier molecular flexibility index (Phi) is 29.3. The molecule has 0 fully saturated rings. The third-order valence-corrected chi connectivity index (χ3v) is 10.5. The first-order valence-corrected chi connectivity index (χ1v) is 22.6. The zero-order valence-electron chi connectivity index (χ0n) is 35.8. The molecule has 0 radical (unpaired) electrons. The van der Waals surface area contributed by atoms with E-state index >= 15 is 0 Å². The number of hydrogen-bond acceptors (Lipinski definition) is 8. The first-order valence-electron chi connectivity index (χ1n) is 22.6. The standard InChI is InChI=1S/C48H82N8/c1-3-49-28-11-15-34-55(38-20-32-50-4-2)35-17-13-30-52-43-47-26-19-27-48(40-47)44-53-31-14-18-37-56(39-21-33-54-42-46-24-9-6-10-25-46)36-16-12-29-51-41-45-22-7-5-8-23-45/h5-10,19,22-27,40,49-54H,3-4,11-18,20-21,28-39,41-44H2,1-2H3. The van der Waals surface area contributed by atoms with Gasteiger partial charge in [-0.25, -0.2) is 0 Å². The van der Waals surface area contributed by atoms with E-state index in [1.807, 2.05) is 0 Å². The molecule has 314 valence electrons. The van der Waals surface area contributed by atoms with Crippen LogP contribution in [0.4, 0.5) is 0 Å². The molecule has 0 atom stereocenters. The van der Waals surface area contributed by atoms with E-state index in [4.69, 9.17) is 0 Å². The number of nitrogens with one attached hydrogen (secondary N) is 6. The third-order valence-electron chi connectivity index (χ3n) is 10.5. The van der Waals surface area contributed by atoms with Crippen LogP contribution in [0.2, 0.25) is 0 Å². The van der Waals surface area contributed by atoms with Crippen LogP contribution >= 0.6 is 0 Å². The van der Waals surface area contributed by atoms with E-state index < -0.39 is 0 Å². The highest BCUT2D eigenvalue weighted by Gasteiger charge is 2.07. The second-order valence-corrected chi connectivity index (χ2v) is 15.4. The van der Waals surface area contributed by atoms with E-state index in [-0.39, 0.29) is 0 Å². The summed E-state index contributed by atoms with van der Waals surface area (Å²) in [7, 11) is 0. The first-order chi connectivity index (χ1) is 27.8. The third kappa shape index (κ3) is 25.6. The Morgan fingerprint density at radius 2 is 0.625 bits per heavy atom. The van der Waals surface area contributed by atoms with Crippen molar-refractivity contribution in [1.29, 1.82) is 0 Å². The zero-order chi connectivity index (χ0) is 39.4. The summed E-state index contributed by atoms with van der Waals surface area (Å²) in [5, 5.41) is 21.7. The van der Waals surface area contributed by atoms with Gasteiger partial charge in [-0.05, 0) is 178 Å². The predicted molar refractivity (Wildman–Crippen MR) is 242 cm³/mol. The van der Waals surface area contributed by atoms with Crippen LogP contribution in [-0.4, -0.2) is 101 Å². The molecule has 0 amide bonds. The lowest BCUT2D eigenvalue weighted by molar-refractivity contribution is 0.257. The summed E-state index contributed by atoms with van der Waals surface area (Å²) in [5.41, 5.74) is 5.50. The minimum absolute atomic E-state index is 0.943. The fourth-order valence-corrected chi connectivity index (χ4v) is 7.19. The van der Waals surface area contributed by atoms with Crippen molar-refractivity contribution < 1.29 is 0 Å². The minimum Gasteiger partial charge on any atom is -0.317 e. The lowest BCUT2D eigenvalue weighted by Gasteiger charge is -2.22. The monoisotopic (exact) mass is 771 g/mol. The van der Waals surface area contributed by atoms with E-state index in [1.54, 1.807) is 0 Å². The summed E-state index contributed by atoms with van der Waals surface area (Å²) in [5.74, 6) is 0. The van der Waals surface area contributed by atoms with Gasteiger partial charge in [0.25, 0.3) is 0 Å². The quantitative estimate of drug-likeness (QED) is 0.0343. The van der Waals surface area contributed by atoms with E-state index in [0.29, 0.717) is 0 Å². The Morgan fingerprint density at radius 1 is 0.321 bits per heavy atom. The van der Waals surface area contributed by atoms with Crippen LogP contribution < -0.4 is 31.9 Å². The fourth-order valence-electron chi connectivity index (χ4n) is 7.19. The Balaban J connectivity index is 1.26. The molecule has 0 heterocycles. The number of unbranched alkanes of at least 4 members (excludes halogenated alkanes) is 4. The molecular weight excluding hydrogens is 689 g/mol. The Hall–Kier alpha value is -2.66. The highest BCUT2D eigenvalue weighted by Crippen LogP contribution is 2.07. The summed E-state index contributed by atoms with van der Waals surface area (Å²) < 4.78 is 0. The average molecular weight is 771 g/mol. The van der Waals surface area contributed by atoms with Gasteiger partial charge in [-0.2, -0.15) is 0 Å². The summed E-state index contributed by atoms with van der Waals surface area (Å²) >= 11 is 0. The second kappa shape index (κ2) is 34.4. The van der Waals surface area contributed by atoms with Gasteiger partial charge in [0.1, 0.15) is 0 Å². The van der Waals surface area contributed by atoms with Gasteiger partial charge in [0.05, 0.1) is 0 Å². The van der Waals surface area contributed by atoms with Crippen LogP contribution in [0.3, 0.4) is 0 Å². The zero-order valence-corrected chi connectivity index (χ0v) is 35.8. The maximum absolute atomic E-state index is 3.73. The van der Waals surface area contributed by atoms with Gasteiger partial charge in [-0.15, -0.1) is 0 Å². The van der Waals surface area contributed by atoms with Crippen molar-refractivity contribution >= 4 is 0 Å². The molecule has 6 N–H and O–H groups in total. The normalized spacial score (nSPS) is 11.6. The topological polar surface area (TPSA) is 78.7 Å². The second-order valence-electron chi connectivity index (χ2n) is 15.4. The molecule has 3 aromatic carbocycles. The smallest absolute Gasteiger partial charge is 0.0205 e. The lowest BCUT2D eigenvalue weighted by atomic mass is 10.1. The largest absolute Gasteiger partial charge is 0.317 e. The molecule has 0 saturated carbocycles. The van der Waals surface area contributed by atoms with E-state index in [0.717, 1.165) is 78.5 Å². The number of benzene rings is 3. The van der Waals surface area contributed by atoms with Gasteiger partial charge < -0.3 is 41.7 Å². The Labute approximate surface area is 343 Å². The molecule has 0 spiro atoms. The van der Waals surface area contributed by atoms with Gasteiger partial charge in [0, 0.05) is 26.2 Å². The highest BCUT2D eigenvalue weighted by molar-refractivity contribution is 5.23. The van der Waals surface area contributed by atoms with Crippen LogP contribution in [0.25, 0.3) is 0 Å². The summed E-state index contributed by atoms with van der Waals surface area (Å²) in [6.45, 7) is 24.1. The van der Waals surface area contributed by atoms with E-state index in [1.165, 1.54) is 126 Å². The molecule has 0 aliphatic heterocycles. The van der Waals surface area contributed by atoms with Crippen molar-refractivity contribution in [3.05, 3.63) is 107 Å². The molecule has 0 aliphatic carbocycles. The van der Waals surface area contributed by atoms with Crippen molar-refractivity contribution in [3.63, 3.8) is 0 Å². The van der Waals surface area contributed by atoms with E-state index in [9.17, 15) is 0 Å². The summed E-state index contributed by atoms with van der Waals surface area (Å²) in [4.78, 5) is 5.39. The number of nitrogens with zero attached hydrogens (tertiary/aromatic N) is 2. The van der Waals surface area contributed by atoms with Crippen LogP contribution in [0.5, 0.6) is 0 Å². The highest BCUT2D eigenvalue weighted by atomic mass is 15.1. The van der Waals surface area contributed by atoms with Crippen molar-refractivity contribution in [1.82, 2.24) is 41.7 Å². The van der Waals surface area contributed by atoms with Crippen molar-refractivity contribution in [3.8, 4) is 0 Å². The molecule has 56 heavy (non-hydrogen) atoms. The first kappa shape index (κ1) is 47.7. The van der Waals surface area contributed by atoms with Crippen LogP contribution in [0.15, 0.2) is 84.9 Å². The molecular formula is C48H82N8. The SMILES string of the molecule is CCNCCCCN(CCCCNCc1cccc(CNCCCCN(CCCCNCc2ccccc2)CCCNCc2ccccc2)c1)CCCNCC. The van der Waals surface area contributed by atoms with Crippen LogP contribution in [0, 0.1) is 0 Å². The average Bonchev–Trinajstić information content (AvgIpc) is 3.23. The molecule has 0 unspecified atom stereocenters. The maximum atomic E-state index is 3.73. The molecule has 8 nitrogen and oxygen atoms in total. The molecule has 0 bridgehead atoms. The van der Waals surface area contributed by atoms with Gasteiger partial charge in [0.15, 0.2) is 0 Å². The van der Waals surface area contributed by atoms with Crippen molar-refractivity contribution in [2.24, 2.45) is 0 Å².